The average Bonchev–Trinajstić information content (AvgIpc) is 3.49. The zero-order chi connectivity index (χ0) is 23.8. The summed E-state index contributed by atoms with van der Waals surface area (Å²) < 4.78 is 54.1. The van der Waals surface area contributed by atoms with Crippen molar-refractivity contribution in [2.75, 3.05) is 13.7 Å². The Bertz CT molecular complexity index is 1400. The van der Waals surface area contributed by atoms with Gasteiger partial charge in [-0.25, -0.2) is 4.98 Å². The quantitative estimate of drug-likeness (QED) is 0.402. The largest absolute Gasteiger partial charge is 0.497 e. The minimum atomic E-state index is -4.42. The highest BCUT2D eigenvalue weighted by molar-refractivity contribution is 7.85. The Hall–Kier alpha value is -3.24. The summed E-state index contributed by atoms with van der Waals surface area (Å²) in [6, 6.07) is 18.1. The van der Waals surface area contributed by atoms with Gasteiger partial charge in [-0.2, -0.15) is 8.42 Å². The monoisotopic (exact) mass is 480 g/mol. The first-order valence-electron chi connectivity index (χ1n) is 10.8. The Labute approximate surface area is 197 Å². The number of fused-ring (bicyclic) bond motifs is 1. The zero-order valence-electron chi connectivity index (χ0n) is 18.5. The number of imidazole rings is 1. The molecule has 1 fully saturated rings. The maximum Gasteiger partial charge on any atom is 0.294 e. The molecule has 2 heterocycles. The van der Waals surface area contributed by atoms with Gasteiger partial charge in [0, 0.05) is 24.4 Å². The third-order valence-electron chi connectivity index (χ3n) is 6.05. The number of hydrogen-bond donors (Lipinski definition) is 1. The SMILES string of the molecule is COc1ccc([C@]2(Cn3ccnc3)OC[C@@H](Cc3c(S(=O)(=O)O)ccc4ccccc34)O2)cc1. The van der Waals surface area contributed by atoms with Crippen LogP contribution in [0.1, 0.15) is 11.1 Å². The van der Waals surface area contributed by atoms with Gasteiger partial charge in [-0.05, 0) is 46.7 Å². The predicted molar refractivity (Wildman–Crippen MR) is 125 cm³/mol. The number of nitrogens with zero attached hydrogens (tertiary/aromatic N) is 2. The van der Waals surface area contributed by atoms with Crippen LogP contribution in [0, 0.1) is 0 Å². The van der Waals surface area contributed by atoms with Crippen molar-refractivity contribution in [2.45, 2.75) is 29.8 Å². The maximum absolute atomic E-state index is 12.2. The molecule has 8 nitrogen and oxygen atoms in total. The second-order valence-corrected chi connectivity index (χ2v) is 9.60. The van der Waals surface area contributed by atoms with E-state index in [0.717, 1.165) is 16.3 Å². The fourth-order valence-corrected chi connectivity index (χ4v) is 5.20. The molecule has 1 aliphatic rings. The van der Waals surface area contributed by atoms with Crippen LogP contribution in [0.3, 0.4) is 0 Å². The highest BCUT2D eigenvalue weighted by atomic mass is 32.2. The lowest BCUT2D eigenvalue weighted by molar-refractivity contribution is -0.186. The van der Waals surface area contributed by atoms with E-state index < -0.39 is 22.0 Å². The van der Waals surface area contributed by atoms with Crippen LogP contribution < -0.4 is 4.74 Å². The molecule has 1 saturated heterocycles. The molecule has 2 atom stereocenters. The highest BCUT2D eigenvalue weighted by Crippen LogP contribution is 2.39. The molecule has 3 aromatic carbocycles. The molecule has 1 N–H and O–H groups in total. The number of aromatic nitrogens is 2. The standard InChI is InChI=1S/C25H24N2O6S/c1-31-20-9-7-19(8-10-20)25(16-27-13-12-26-17-27)32-15-21(33-25)14-23-22-5-3-2-4-18(22)6-11-24(23)34(28,29)30/h2-13,17,21H,14-16H2,1H3,(H,28,29,30)/t21-,25-/m1/s1. The molecule has 1 aliphatic heterocycles. The fraction of sp³-hybridized carbons (Fsp3) is 0.240. The van der Waals surface area contributed by atoms with E-state index in [1.165, 1.54) is 6.07 Å². The molecule has 0 aliphatic carbocycles. The summed E-state index contributed by atoms with van der Waals surface area (Å²) in [7, 11) is -2.82. The van der Waals surface area contributed by atoms with Crippen molar-refractivity contribution in [3.05, 3.63) is 90.5 Å². The summed E-state index contributed by atoms with van der Waals surface area (Å²) >= 11 is 0. The van der Waals surface area contributed by atoms with E-state index in [9.17, 15) is 13.0 Å². The van der Waals surface area contributed by atoms with Crippen molar-refractivity contribution in [2.24, 2.45) is 0 Å². The topological polar surface area (TPSA) is 99.9 Å². The van der Waals surface area contributed by atoms with E-state index >= 15 is 0 Å². The van der Waals surface area contributed by atoms with Gasteiger partial charge in [-0.3, -0.25) is 4.55 Å². The number of ether oxygens (including phenoxy) is 3. The molecule has 0 spiro atoms. The number of rotatable bonds is 7. The number of hydrogen-bond acceptors (Lipinski definition) is 6. The van der Waals surface area contributed by atoms with Gasteiger partial charge in [0.1, 0.15) is 5.75 Å². The van der Waals surface area contributed by atoms with E-state index in [4.69, 9.17) is 14.2 Å². The summed E-state index contributed by atoms with van der Waals surface area (Å²) in [5.74, 6) is -0.384. The lowest BCUT2D eigenvalue weighted by Crippen LogP contribution is -2.33. The maximum atomic E-state index is 12.2. The Kier molecular flexibility index (Phi) is 5.86. The molecule has 0 bridgehead atoms. The second-order valence-electron chi connectivity index (χ2n) is 8.21. The average molecular weight is 481 g/mol. The number of benzene rings is 3. The molecule has 4 aromatic rings. The zero-order valence-corrected chi connectivity index (χ0v) is 19.3. The molecule has 1 aromatic heterocycles. The van der Waals surface area contributed by atoms with E-state index in [1.54, 1.807) is 25.7 Å². The molecule has 176 valence electrons. The van der Waals surface area contributed by atoms with Gasteiger partial charge in [-0.1, -0.05) is 30.3 Å². The minimum Gasteiger partial charge on any atom is -0.497 e. The summed E-state index contributed by atoms with van der Waals surface area (Å²) in [5, 5.41) is 1.63. The summed E-state index contributed by atoms with van der Waals surface area (Å²) in [5.41, 5.74) is 1.31. The first-order valence-corrected chi connectivity index (χ1v) is 12.2. The smallest absolute Gasteiger partial charge is 0.294 e. The predicted octanol–water partition coefficient (Wildman–Crippen LogP) is 3.80. The van der Waals surface area contributed by atoms with Crippen LogP contribution in [0.2, 0.25) is 0 Å². The normalized spacial score (nSPS) is 20.6. The second kappa shape index (κ2) is 8.84. The van der Waals surface area contributed by atoms with Crippen molar-refractivity contribution in [3.8, 4) is 5.75 Å². The lowest BCUT2D eigenvalue weighted by Gasteiger charge is -2.29. The van der Waals surface area contributed by atoms with Crippen LogP contribution in [-0.4, -0.2) is 42.3 Å². The van der Waals surface area contributed by atoms with Gasteiger partial charge in [0.05, 0.1) is 37.6 Å². The lowest BCUT2D eigenvalue weighted by atomic mass is 10.00. The van der Waals surface area contributed by atoms with E-state index in [1.807, 2.05) is 59.3 Å². The van der Waals surface area contributed by atoms with Gasteiger partial charge < -0.3 is 18.8 Å². The molecule has 34 heavy (non-hydrogen) atoms. The molecule has 0 amide bonds. The van der Waals surface area contributed by atoms with Crippen LogP contribution in [-0.2, 0) is 38.3 Å². The molecule has 9 heteroatoms. The third kappa shape index (κ3) is 4.30. The molecule has 0 saturated carbocycles. The Balaban J connectivity index is 1.51. The van der Waals surface area contributed by atoms with E-state index in [2.05, 4.69) is 4.98 Å². The Morgan fingerprint density at radius 1 is 1.15 bits per heavy atom. The van der Waals surface area contributed by atoms with Crippen molar-refractivity contribution < 1.29 is 27.2 Å². The van der Waals surface area contributed by atoms with E-state index in [-0.39, 0.29) is 17.9 Å². The molecule has 0 unspecified atom stereocenters. The minimum absolute atomic E-state index is 0.119. The number of methoxy groups -OCH3 is 1. The summed E-state index contributed by atoms with van der Waals surface area (Å²) in [6.45, 7) is 0.603. The first-order chi connectivity index (χ1) is 16.4. The van der Waals surface area contributed by atoms with E-state index in [0.29, 0.717) is 17.9 Å². The van der Waals surface area contributed by atoms with Crippen LogP contribution in [0.15, 0.2) is 84.3 Å². The van der Waals surface area contributed by atoms with Gasteiger partial charge in [0.2, 0.25) is 5.79 Å². The molecule has 5 rings (SSSR count). The molecule has 0 radical (unpaired) electrons. The van der Waals surface area contributed by atoms with Crippen molar-refractivity contribution in [1.82, 2.24) is 9.55 Å². The highest BCUT2D eigenvalue weighted by Gasteiger charge is 2.44. The molecular formula is C25H24N2O6S. The van der Waals surface area contributed by atoms with Crippen LogP contribution in [0.5, 0.6) is 5.75 Å². The van der Waals surface area contributed by atoms with Crippen LogP contribution in [0.25, 0.3) is 10.8 Å². The van der Waals surface area contributed by atoms with Crippen molar-refractivity contribution in [1.29, 1.82) is 0 Å². The van der Waals surface area contributed by atoms with Crippen LogP contribution >= 0.6 is 0 Å². The van der Waals surface area contributed by atoms with Gasteiger partial charge in [0.15, 0.2) is 0 Å². The van der Waals surface area contributed by atoms with Crippen molar-refractivity contribution >= 4 is 20.9 Å². The summed E-state index contributed by atoms with van der Waals surface area (Å²) in [4.78, 5) is 3.99. The fourth-order valence-electron chi connectivity index (χ4n) is 4.45. The van der Waals surface area contributed by atoms with Gasteiger partial charge >= 0.3 is 0 Å². The Morgan fingerprint density at radius 2 is 1.94 bits per heavy atom. The third-order valence-corrected chi connectivity index (χ3v) is 6.98. The van der Waals surface area contributed by atoms with Gasteiger partial charge in [-0.15, -0.1) is 0 Å². The first kappa shape index (κ1) is 22.5. The summed E-state index contributed by atoms with van der Waals surface area (Å²) in [6.07, 6.45) is 5.00. The van der Waals surface area contributed by atoms with Crippen LogP contribution in [0.4, 0.5) is 0 Å². The Morgan fingerprint density at radius 3 is 2.65 bits per heavy atom. The van der Waals surface area contributed by atoms with Gasteiger partial charge in [0.25, 0.3) is 10.1 Å². The molecular weight excluding hydrogens is 456 g/mol. The van der Waals surface area contributed by atoms with Crippen molar-refractivity contribution in [3.63, 3.8) is 0 Å².